The number of pyridine rings is 1. The predicted molar refractivity (Wildman–Crippen MR) is 113 cm³/mol. The molecule has 4 fully saturated rings. The zero-order valence-electron chi connectivity index (χ0n) is 18.1. The van der Waals surface area contributed by atoms with Gasteiger partial charge in [-0.25, -0.2) is 9.67 Å². The van der Waals surface area contributed by atoms with Crippen molar-refractivity contribution in [3.63, 3.8) is 0 Å². The Kier molecular flexibility index (Phi) is 4.00. The Balaban J connectivity index is 1.28. The van der Waals surface area contributed by atoms with E-state index in [1.807, 2.05) is 42.9 Å². The second kappa shape index (κ2) is 6.16. The van der Waals surface area contributed by atoms with Gasteiger partial charge < -0.3 is 5.32 Å². The van der Waals surface area contributed by atoms with Crippen LogP contribution in [0.15, 0.2) is 24.4 Å². The van der Waals surface area contributed by atoms with Gasteiger partial charge in [0.1, 0.15) is 0 Å². The third-order valence-electron chi connectivity index (χ3n) is 7.60. The molecule has 0 saturated heterocycles. The zero-order valence-corrected chi connectivity index (χ0v) is 18.1. The number of carbonyl (C=O) groups is 1. The average Bonchev–Trinajstić information content (AvgIpc) is 2.95. The van der Waals surface area contributed by atoms with Crippen LogP contribution in [0.1, 0.15) is 69.3 Å². The number of aryl methyl sites for hydroxylation is 2. The molecule has 154 valence electrons. The third-order valence-corrected chi connectivity index (χ3v) is 7.60. The topological polar surface area (TPSA) is 59.8 Å². The van der Waals surface area contributed by atoms with Crippen LogP contribution in [0.4, 0.5) is 0 Å². The van der Waals surface area contributed by atoms with Crippen molar-refractivity contribution >= 4 is 5.91 Å². The number of rotatable bonds is 4. The first-order valence-corrected chi connectivity index (χ1v) is 10.9. The third kappa shape index (κ3) is 3.19. The summed E-state index contributed by atoms with van der Waals surface area (Å²) in [5, 5.41) is 7.75. The lowest BCUT2D eigenvalue weighted by molar-refractivity contribution is -0.170. The van der Waals surface area contributed by atoms with Gasteiger partial charge in [-0.15, -0.1) is 0 Å². The summed E-state index contributed by atoms with van der Waals surface area (Å²) in [7, 11) is 0. The van der Waals surface area contributed by atoms with E-state index < -0.39 is 0 Å². The van der Waals surface area contributed by atoms with Crippen molar-refractivity contribution in [3.8, 4) is 5.82 Å². The average molecular weight is 393 g/mol. The van der Waals surface area contributed by atoms with Crippen LogP contribution in [0.5, 0.6) is 0 Å². The maximum absolute atomic E-state index is 13.3. The molecule has 4 aliphatic rings. The molecule has 0 radical (unpaired) electrons. The van der Waals surface area contributed by atoms with E-state index in [1.54, 1.807) is 0 Å². The number of carbonyl (C=O) groups excluding carboxylic acids is 1. The van der Waals surface area contributed by atoms with Crippen LogP contribution in [-0.4, -0.2) is 20.7 Å². The smallest absolute Gasteiger partial charge is 0.226 e. The first-order valence-electron chi connectivity index (χ1n) is 10.9. The Morgan fingerprint density at radius 2 is 1.86 bits per heavy atom. The van der Waals surface area contributed by atoms with Crippen molar-refractivity contribution in [2.24, 2.45) is 22.2 Å². The van der Waals surface area contributed by atoms with Gasteiger partial charge in [0.25, 0.3) is 0 Å². The Hall–Kier alpha value is -2.17. The fraction of sp³-hybridized carbons (Fsp3) is 0.625. The molecule has 1 amide bonds. The van der Waals surface area contributed by atoms with Crippen LogP contribution in [-0.2, 0) is 11.3 Å². The number of hydrogen-bond acceptors (Lipinski definition) is 3. The lowest BCUT2D eigenvalue weighted by Crippen LogP contribution is -2.59. The standard InChI is InChI=1S/C24H32N4O/c1-16-7-17(2)28(27-16)20-6-5-18(11-25-20)12-26-21(29)24-10-19-8-22(3,14-24)13-23(4,9-19)15-24/h5-7,11,19H,8-10,12-15H2,1-4H3,(H,26,29). The summed E-state index contributed by atoms with van der Waals surface area (Å²) in [4.78, 5) is 17.9. The number of aromatic nitrogens is 3. The van der Waals surface area contributed by atoms with E-state index in [0.717, 1.165) is 47.9 Å². The van der Waals surface area contributed by atoms with Crippen molar-refractivity contribution in [2.75, 3.05) is 0 Å². The van der Waals surface area contributed by atoms with Gasteiger partial charge >= 0.3 is 0 Å². The highest BCUT2D eigenvalue weighted by molar-refractivity contribution is 5.83. The summed E-state index contributed by atoms with van der Waals surface area (Å²) >= 11 is 0. The first-order chi connectivity index (χ1) is 13.7. The van der Waals surface area contributed by atoms with Crippen LogP contribution < -0.4 is 5.32 Å². The number of nitrogens with one attached hydrogen (secondary N) is 1. The van der Waals surface area contributed by atoms with E-state index >= 15 is 0 Å². The molecule has 6 rings (SSSR count). The second-order valence-corrected chi connectivity index (χ2v) is 11.0. The van der Waals surface area contributed by atoms with Gasteiger partial charge in [-0.05, 0) is 86.8 Å². The van der Waals surface area contributed by atoms with Gasteiger partial charge in [-0.1, -0.05) is 19.9 Å². The molecule has 2 heterocycles. The van der Waals surface area contributed by atoms with Gasteiger partial charge in [0.2, 0.25) is 5.91 Å². The van der Waals surface area contributed by atoms with Crippen LogP contribution >= 0.6 is 0 Å². The molecule has 2 aromatic heterocycles. The Morgan fingerprint density at radius 3 is 2.41 bits per heavy atom. The SMILES string of the molecule is Cc1cc(C)n(-c2ccc(CNC(=O)C34CC5CC(C)(CC(C)(C5)C3)C4)cn2)n1. The maximum Gasteiger partial charge on any atom is 0.226 e. The normalized spacial score (nSPS) is 35.1. The lowest BCUT2D eigenvalue weighted by atomic mass is 9.40. The van der Waals surface area contributed by atoms with Crippen LogP contribution in [0.3, 0.4) is 0 Å². The van der Waals surface area contributed by atoms with Crippen molar-refractivity contribution in [1.82, 2.24) is 20.1 Å². The monoisotopic (exact) mass is 392 g/mol. The summed E-state index contributed by atoms with van der Waals surface area (Å²) in [5.41, 5.74) is 3.65. The second-order valence-electron chi connectivity index (χ2n) is 11.0. The van der Waals surface area contributed by atoms with Gasteiger partial charge in [0, 0.05) is 18.4 Å². The highest BCUT2D eigenvalue weighted by Crippen LogP contribution is 2.69. The fourth-order valence-electron chi connectivity index (χ4n) is 7.58. The molecule has 0 spiro atoms. The quantitative estimate of drug-likeness (QED) is 0.833. The molecule has 5 nitrogen and oxygen atoms in total. The lowest BCUT2D eigenvalue weighted by Gasteiger charge is -2.64. The Labute approximate surface area is 173 Å². The molecule has 4 bridgehead atoms. The molecule has 0 aliphatic heterocycles. The van der Waals surface area contributed by atoms with E-state index in [4.69, 9.17) is 0 Å². The predicted octanol–water partition coefficient (Wildman–Crippen LogP) is 4.50. The molecule has 4 aliphatic carbocycles. The molecule has 1 N–H and O–H groups in total. The molecule has 2 atom stereocenters. The molecule has 5 heteroatoms. The van der Waals surface area contributed by atoms with E-state index in [0.29, 0.717) is 17.4 Å². The summed E-state index contributed by atoms with van der Waals surface area (Å²) < 4.78 is 1.86. The van der Waals surface area contributed by atoms with E-state index in [9.17, 15) is 4.79 Å². The molecule has 2 unspecified atom stereocenters. The minimum absolute atomic E-state index is 0.153. The summed E-state index contributed by atoms with van der Waals surface area (Å²) in [6, 6.07) is 6.07. The fourth-order valence-corrected chi connectivity index (χ4v) is 7.58. The van der Waals surface area contributed by atoms with Gasteiger partial charge in [-0.2, -0.15) is 5.10 Å². The minimum Gasteiger partial charge on any atom is -0.351 e. The zero-order chi connectivity index (χ0) is 20.4. The molecular weight excluding hydrogens is 360 g/mol. The van der Waals surface area contributed by atoms with Crippen molar-refractivity contribution in [1.29, 1.82) is 0 Å². The van der Waals surface area contributed by atoms with Gasteiger partial charge in [0.05, 0.1) is 11.1 Å². The Morgan fingerprint density at radius 1 is 1.14 bits per heavy atom. The Bertz CT molecular complexity index is 942. The summed E-state index contributed by atoms with van der Waals surface area (Å²) in [6.45, 7) is 9.39. The van der Waals surface area contributed by atoms with Crippen molar-refractivity contribution in [2.45, 2.75) is 72.8 Å². The highest BCUT2D eigenvalue weighted by atomic mass is 16.2. The maximum atomic E-state index is 13.3. The van der Waals surface area contributed by atoms with Gasteiger partial charge in [-0.3, -0.25) is 4.79 Å². The molecule has 0 aromatic carbocycles. The largest absolute Gasteiger partial charge is 0.351 e. The van der Waals surface area contributed by atoms with Crippen LogP contribution in [0.2, 0.25) is 0 Å². The highest BCUT2D eigenvalue weighted by Gasteiger charge is 2.62. The van der Waals surface area contributed by atoms with E-state index in [2.05, 4.69) is 29.2 Å². The first kappa shape index (κ1) is 18.8. The number of amides is 1. The van der Waals surface area contributed by atoms with E-state index in [-0.39, 0.29) is 11.3 Å². The van der Waals surface area contributed by atoms with Crippen LogP contribution in [0, 0.1) is 36.0 Å². The van der Waals surface area contributed by atoms with E-state index in [1.165, 1.54) is 19.3 Å². The molecule has 4 saturated carbocycles. The number of hydrogen-bond donors (Lipinski definition) is 1. The summed E-state index contributed by atoms with van der Waals surface area (Å²) in [6.07, 6.45) is 8.99. The molecule has 2 aromatic rings. The molecule has 29 heavy (non-hydrogen) atoms. The van der Waals surface area contributed by atoms with Crippen LogP contribution in [0.25, 0.3) is 5.82 Å². The minimum atomic E-state index is -0.153. The van der Waals surface area contributed by atoms with Crippen molar-refractivity contribution < 1.29 is 4.79 Å². The summed E-state index contributed by atoms with van der Waals surface area (Å²) in [5.74, 6) is 1.81. The van der Waals surface area contributed by atoms with Gasteiger partial charge in [0.15, 0.2) is 5.82 Å². The van der Waals surface area contributed by atoms with Crippen molar-refractivity contribution in [3.05, 3.63) is 41.3 Å². The number of nitrogens with zero attached hydrogens (tertiary/aromatic N) is 3. The molecular formula is C24H32N4O.